The van der Waals surface area contributed by atoms with Crippen LogP contribution >= 0.6 is 0 Å². The summed E-state index contributed by atoms with van der Waals surface area (Å²) in [5.41, 5.74) is 3.82. The molecule has 1 amide bonds. The zero-order valence-electron chi connectivity index (χ0n) is 18.2. The van der Waals surface area contributed by atoms with Crippen molar-refractivity contribution in [3.63, 3.8) is 0 Å². The highest BCUT2D eigenvalue weighted by molar-refractivity contribution is 5.92. The van der Waals surface area contributed by atoms with Gasteiger partial charge in [0.15, 0.2) is 5.65 Å². The maximum absolute atomic E-state index is 13.1. The summed E-state index contributed by atoms with van der Waals surface area (Å²) in [4.78, 5) is 35.1. The van der Waals surface area contributed by atoms with Gasteiger partial charge in [0.1, 0.15) is 0 Å². The molecule has 2 aliphatic rings. The summed E-state index contributed by atoms with van der Waals surface area (Å²) >= 11 is 0. The molecule has 9 heteroatoms. The zero-order valence-corrected chi connectivity index (χ0v) is 18.2. The number of nitrogens with one attached hydrogen (secondary N) is 1. The number of aromatic nitrogens is 4. The standard InChI is InChI=1S/C22H28N6O3/c1-4-14-10-19(31-25-14)22(30)27-8-5-6-18(27)16-11-20-23-17-12-26(13(2)3)9-7-15(17)21(29)28(20)24-16/h10-11,13,18,24H,4-9,12H2,1-3H3/t18-/m1/s1. The van der Waals surface area contributed by atoms with Crippen LogP contribution in [0, 0.1) is 0 Å². The summed E-state index contributed by atoms with van der Waals surface area (Å²) in [6.07, 6.45) is 3.14. The molecule has 1 atom stereocenters. The van der Waals surface area contributed by atoms with E-state index in [0.717, 1.165) is 48.5 Å². The van der Waals surface area contributed by atoms with Gasteiger partial charge in [-0.2, -0.15) is 0 Å². The first kappa shape index (κ1) is 20.0. The molecule has 1 saturated heterocycles. The van der Waals surface area contributed by atoms with E-state index < -0.39 is 0 Å². The number of carbonyl (C=O) groups excluding carboxylic acids is 1. The molecule has 2 aliphatic heterocycles. The van der Waals surface area contributed by atoms with Crippen molar-refractivity contribution in [3.05, 3.63) is 50.9 Å². The number of amides is 1. The van der Waals surface area contributed by atoms with Crippen molar-refractivity contribution in [1.29, 1.82) is 0 Å². The van der Waals surface area contributed by atoms with Crippen LogP contribution in [0.2, 0.25) is 0 Å². The van der Waals surface area contributed by atoms with E-state index in [4.69, 9.17) is 9.51 Å². The highest BCUT2D eigenvalue weighted by Gasteiger charge is 2.34. The third kappa shape index (κ3) is 3.37. The largest absolute Gasteiger partial charge is 0.351 e. The molecule has 0 radical (unpaired) electrons. The minimum atomic E-state index is -0.166. The van der Waals surface area contributed by atoms with Gasteiger partial charge in [-0.1, -0.05) is 12.1 Å². The summed E-state index contributed by atoms with van der Waals surface area (Å²) in [6, 6.07) is 3.89. The van der Waals surface area contributed by atoms with E-state index in [1.165, 1.54) is 4.52 Å². The first-order chi connectivity index (χ1) is 15.0. The van der Waals surface area contributed by atoms with Gasteiger partial charge < -0.3 is 9.42 Å². The second-order valence-corrected chi connectivity index (χ2v) is 8.75. The molecule has 0 aromatic carbocycles. The minimum Gasteiger partial charge on any atom is -0.351 e. The maximum atomic E-state index is 13.1. The molecule has 0 unspecified atom stereocenters. The van der Waals surface area contributed by atoms with Crippen LogP contribution in [-0.2, 0) is 19.4 Å². The molecule has 5 heterocycles. The summed E-state index contributed by atoms with van der Waals surface area (Å²) in [5.74, 6) is 0.0972. The first-order valence-corrected chi connectivity index (χ1v) is 11.1. The topological polar surface area (TPSA) is 99.7 Å². The molecular formula is C22H28N6O3. The highest BCUT2D eigenvalue weighted by atomic mass is 16.5. The molecule has 0 spiro atoms. The Morgan fingerprint density at radius 2 is 2.16 bits per heavy atom. The zero-order chi connectivity index (χ0) is 21.7. The van der Waals surface area contributed by atoms with Crippen LogP contribution in [0.15, 0.2) is 21.5 Å². The lowest BCUT2D eigenvalue weighted by atomic mass is 10.1. The molecule has 1 fully saturated rings. The number of H-pyrrole nitrogens is 1. The van der Waals surface area contributed by atoms with Crippen LogP contribution in [-0.4, -0.2) is 54.6 Å². The van der Waals surface area contributed by atoms with Gasteiger partial charge in [0.2, 0.25) is 5.76 Å². The number of hydrogen-bond donors (Lipinski definition) is 1. The fourth-order valence-corrected chi connectivity index (χ4v) is 4.70. The predicted molar refractivity (Wildman–Crippen MR) is 114 cm³/mol. The van der Waals surface area contributed by atoms with Crippen molar-refractivity contribution >= 4 is 11.6 Å². The lowest BCUT2D eigenvalue weighted by Crippen LogP contribution is -2.39. The molecule has 3 aromatic rings. The molecule has 0 saturated carbocycles. The quantitative estimate of drug-likeness (QED) is 0.690. The molecule has 9 nitrogen and oxygen atoms in total. The SMILES string of the molecule is CCc1cc(C(=O)N2CCC[C@@H]2c2cc3nc4c(c(=O)n3[nH]2)CCN(C(C)C)C4)on1. The van der Waals surface area contributed by atoms with E-state index in [9.17, 15) is 9.59 Å². The number of nitrogens with zero attached hydrogens (tertiary/aromatic N) is 5. The van der Waals surface area contributed by atoms with Gasteiger partial charge in [0.05, 0.1) is 23.1 Å². The second kappa shape index (κ2) is 7.64. The van der Waals surface area contributed by atoms with Gasteiger partial charge in [0, 0.05) is 43.4 Å². The Bertz CT molecular complexity index is 1190. The monoisotopic (exact) mass is 424 g/mol. The normalized spacial score (nSPS) is 19.5. The average molecular weight is 425 g/mol. The summed E-state index contributed by atoms with van der Waals surface area (Å²) in [6.45, 7) is 8.49. The third-order valence-corrected chi connectivity index (χ3v) is 6.55. The summed E-state index contributed by atoms with van der Waals surface area (Å²) in [7, 11) is 0. The van der Waals surface area contributed by atoms with E-state index in [1.54, 1.807) is 11.0 Å². The number of aromatic amines is 1. The van der Waals surface area contributed by atoms with Crippen LogP contribution in [0.1, 0.15) is 72.9 Å². The highest BCUT2D eigenvalue weighted by Crippen LogP contribution is 2.33. The Balaban J connectivity index is 1.48. The fraction of sp³-hybridized carbons (Fsp3) is 0.545. The van der Waals surface area contributed by atoms with Crippen LogP contribution in [0.25, 0.3) is 5.65 Å². The van der Waals surface area contributed by atoms with Crippen molar-refractivity contribution in [2.45, 2.75) is 65.1 Å². The smallest absolute Gasteiger partial charge is 0.293 e. The van der Waals surface area contributed by atoms with E-state index in [1.807, 2.05) is 13.0 Å². The second-order valence-electron chi connectivity index (χ2n) is 8.75. The number of rotatable bonds is 4. The number of hydrogen-bond acceptors (Lipinski definition) is 6. The lowest BCUT2D eigenvalue weighted by Gasteiger charge is -2.30. The number of aryl methyl sites for hydroxylation is 1. The Morgan fingerprint density at radius 3 is 2.90 bits per heavy atom. The van der Waals surface area contributed by atoms with Gasteiger partial charge in [-0.05, 0) is 39.5 Å². The molecule has 164 valence electrons. The van der Waals surface area contributed by atoms with Gasteiger partial charge in [0.25, 0.3) is 11.5 Å². The van der Waals surface area contributed by atoms with Crippen molar-refractivity contribution < 1.29 is 9.32 Å². The van der Waals surface area contributed by atoms with Gasteiger partial charge >= 0.3 is 0 Å². The molecule has 31 heavy (non-hydrogen) atoms. The van der Waals surface area contributed by atoms with Crippen molar-refractivity contribution in [2.24, 2.45) is 0 Å². The van der Waals surface area contributed by atoms with Crippen molar-refractivity contribution in [1.82, 2.24) is 29.6 Å². The van der Waals surface area contributed by atoms with Crippen molar-refractivity contribution in [2.75, 3.05) is 13.1 Å². The van der Waals surface area contributed by atoms with Crippen LogP contribution in [0.3, 0.4) is 0 Å². The third-order valence-electron chi connectivity index (χ3n) is 6.55. The molecule has 1 N–H and O–H groups in total. The summed E-state index contributed by atoms with van der Waals surface area (Å²) < 4.78 is 6.80. The Labute approximate surface area is 180 Å². The molecule has 0 aliphatic carbocycles. The molecule has 5 rings (SSSR count). The number of carbonyl (C=O) groups is 1. The number of fused-ring (bicyclic) bond motifs is 2. The Morgan fingerprint density at radius 1 is 1.32 bits per heavy atom. The van der Waals surface area contributed by atoms with Gasteiger partial charge in [-0.15, -0.1) is 0 Å². The predicted octanol–water partition coefficient (Wildman–Crippen LogP) is 2.32. The maximum Gasteiger partial charge on any atom is 0.293 e. The van der Waals surface area contributed by atoms with Gasteiger partial charge in [-0.25, -0.2) is 9.50 Å². The van der Waals surface area contributed by atoms with E-state index >= 15 is 0 Å². The van der Waals surface area contributed by atoms with Gasteiger partial charge in [-0.3, -0.25) is 19.6 Å². The Kier molecular flexibility index (Phi) is 4.92. The minimum absolute atomic E-state index is 0.0339. The molecular weight excluding hydrogens is 396 g/mol. The van der Waals surface area contributed by atoms with Crippen molar-refractivity contribution in [3.8, 4) is 0 Å². The molecule has 0 bridgehead atoms. The first-order valence-electron chi connectivity index (χ1n) is 11.1. The Hall–Kier alpha value is -2.94. The summed E-state index contributed by atoms with van der Waals surface area (Å²) in [5, 5.41) is 7.17. The van der Waals surface area contributed by atoms with E-state index in [-0.39, 0.29) is 23.3 Å². The number of likely N-dealkylation sites (tertiary alicyclic amines) is 1. The lowest BCUT2D eigenvalue weighted by molar-refractivity contribution is 0.0690. The van der Waals surface area contributed by atoms with E-state index in [2.05, 4.69) is 29.0 Å². The van der Waals surface area contributed by atoms with E-state index in [0.29, 0.717) is 31.2 Å². The van der Waals surface area contributed by atoms with Crippen LogP contribution in [0.5, 0.6) is 0 Å². The average Bonchev–Trinajstić information content (AvgIpc) is 3.51. The molecule has 3 aromatic heterocycles. The fourth-order valence-electron chi connectivity index (χ4n) is 4.70. The van der Waals surface area contributed by atoms with Crippen LogP contribution < -0.4 is 5.56 Å². The van der Waals surface area contributed by atoms with Crippen LogP contribution in [0.4, 0.5) is 0 Å².